The Balaban J connectivity index is 2.87. The molecular formula is C9H6F2OS2. The van der Waals surface area contributed by atoms with Crippen molar-refractivity contribution >= 4 is 34.1 Å². The summed E-state index contributed by atoms with van der Waals surface area (Å²) in [5.74, 6) is -0.101. The number of aromatic hydroxyl groups is 1. The van der Waals surface area contributed by atoms with E-state index in [2.05, 4.69) is 12.6 Å². The summed E-state index contributed by atoms with van der Waals surface area (Å²) < 4.78 is 26.0. The van der Waals surface area contributed by atoms with E-state index in [1.165, 1.54) is 22.8 Å². The Hall–Kier alpha value is -0.810. The Morgan fingerprint density at radius 3 is 2.71 bits per heavy atom. The van der Waals surface area contributed by atoms with Crippen LogP contribution in [0.5, 0.6) is 5.75 Å². The molecule has 0 saturated carbocycles. The number of halogens is 2. The predicted molar refractivity (Wildman–Crippen MR) is 55.7 cm³/mol. The van der Waals surface area contributed by atoms with Gasteiger partial charge in [-0.1, -0.05) is 0 Å². The van der Waals surface area contributed by atoms with Gasteiger partial charge in [-0.15, -0.1) is 24.0 Å². The lowest BCUT2D eigenvalue weighted by Gasteiger charge is -2.05. The summed E-state index contributed by atoms with van der Waals surface area (Å²) in [5.41, 5.74) is -0.190. The van der Waals surface area contributed by atoms with Crippen LogP contribution in [0, 0.1) is 0 Å². The summed E-state index contributed by atoms with van der Waals surface area (Å²) in [5, 5.41) is 11.1. The molecule has 0 amide bonds. The maximum absolute atomic E-state index is 12.7. The van der Waals surface area contributed by atoms with Crippen molar-refractivity contribution in [3.63, 3.8) is 0 Å². The van der Waals surface area contributed by atoms with Gasteiger partial charge in [0.15, 0.2) is 0 Å². The summed E-state index contributed by atoms with van der Waals surface area (Å²) in [6.07, 6.45) is -2.62. The highest BCUT2D eigenvalue weighted by Crippen LogP contribution is 2.40. The van der Waals surface area contributed by atoms with Crippen molar-refractivity contribution in [3.05, 3.63) is 23.1 Å². The molecule has 2 rings (SSSR count). The van der Waals surface area contributed by atoms with E-state index in [0.29, 0.717) is 4.70 Å². The van der Waals surface area contributed by atoms with Gasteiger partial charge < -0.3 is 5.11 Å². The van der Waals surface area contributed by atoms with Crippen LogP contribution in [0.1, 0.15) is 12.0 Å². The molecule has 1 heterocycles. The highest BCUT2D eigenvalue weighted by molar-refractivity contribution is 7.80. The summed E-state index contributed by atoms with van der Waals surface area (Å²) in [6, 6.07) is 3.19. The Morgan fingerprint density at radius 2 is 2.07 bits per heavy atom. The maximum atomic E-state index is 12.7. The number of benzene rings is 1. The van der Waals surface area contributed by atoms with E-state index >= 15 is 0 Å². The van der Waals surface area contributed by atoms with Crippen LogP contribution in [0.15, 0.2) is 22.4 Å². The number of thiophene rings is 1. The minimum atomic E-state index is -2.62. The molecule has 0 bridgehead atoms. The fraction of sp³-hybridized carbons (Fsp3) is 0.111. The lowest BCUT2D eigenvalue weighted by Crippen LogP contribution is -1.87. The molecule has 0 saturated heterocycles. The quantitative estimate of drug-likeness (QED) is 0.716. The lowest BCUT2D eigenvalue weighted by molar-refractivity contribution is 0.150. The van der Waals surface area contributed by atoms with E-state index in [1.54, 1.807) is 6.07 Å². The van der Waals surface area contributed by atoms with E-state index in [4.69, 9.17) is 0 Å². The number of hydrogen-bond acceptors (Lipinski definition) is 3. The second-order valence-corrected chi connectivity index (χ2v) is 4.19. The molecule has 0 atom stereocenters. The first-order valence-electron chi connectivity index (χ1n) is 3.81. The van der Waals surface area contributed by atoms with Gasteiger partial charge in [0.2, 0.25) is 0 Å². The van der Waals surface area contributed by atoms with Crippen LogP contribution in [0.25, 0.3) is 10.1 Å². The zero-order chi connectivity index (χ0) is 10.3. The minimum absolute atomic E-state index is 0.101. The third kappa shape index (κ3) is 1.36. The van der Waals surface area contributed by atoms with Crippen molar-refractivity contribution in [3.8, 4) is 5.75 Å². The normalized spacial score (nSPS) is 11.4. The van der Waals surface area contributed by atoms with Gasteiger partial charge >= 0.3 is 0 Å². The van der Waals surface area contributed by atoms with E-state index in [1.807, 2.05) is 0 Å². The van der Waals surface area contributed by atoms with Crippen molar-refractivity contribution < 1.29 is 13.9 Å². The zero-order valence-electron chi connectivity index (χ0n) is 6.87. The first kappa shape index (κ1) is 9.73. The molecule has 0 radical (unpaired) electrons. The summed E-state index contributed by atoms with van der Waals surface area (Å²) in [7, 11) is 0. The van der Waals surface area contributed by atoms with Gasteiger partial charge in [-0.3, -0.25) is 0 Å². The largest absolute Gasteiger partial charge is 0.506 e. The van der Waals surface area contributed by atoms with Gasteiger partial charge in [-0.25, -0.2) is 8.78 Å². The predicted octanol–water partition coefficient (Wildman–Crippen LogP) is 3.83. The van der Waals surface area contributed by atoms with E-state index < -0.39 is 6.43 Å². The standard InChI is InChI=1S/C9H6F2OS2/c10-9(11)8-5(13)1-2-6-7(8)4(12)3-14-6/h1-3,9,12-13H. The molecule has 0 aliphatic heterocycles. The first-order valence-corrected chi connectivity index (χ1v) is 5.14. The molecule has 1 aromatic carbocycles. The fourth-order valence-electron chi connectivity index (χ4n) is 1.35. The molecule has 1 nitrogen and oxygen atoms in total. The molecule has 1 N–H and O–H groups in total. The summed E-state index contributed by atoms with van der Waals surface area (Å²) >= 11 is 5.19. The van der Waals surface area contributed by atoms with Crippen molar-refractivity contribution in [1.29, 1.82) is 0 Å². The second-order valence-electron chi connectivity index (χ2n) is 2.79. The highest BCUT2D eigenvalue weighted by Gasteiger charge is 2.18. The smallest absolute Gasteiger partial charge is 0.265 e. The Kier molecular flexibility index (Phi) is 2.36. The molecular weight excluding hydrogens is 226 g/mol. The highest BCUT2D eigenvalue weighted by atomic mass is 32.1. The van der Waals surface area contributed by atoms with Crippen molar-refractivity contribution in [2.24, 2.45) is 0 Å². The summed E-state index contributed by atoms with van der Waals surface area (Å²) in [6.45, 7) is 0. The van der Waals surface area contributed by atoms with Gasteiger partial charge in [0.25, 0.3) is 6.43 Å². The average Bonchev–Trinajstić information content (AvgIpc) is 2.47. The first-order chi connectivity index (χ1) is 6.61. The van der Waals surface area contributed by atoms with Crippen LogP contribution >= 0.6 is 24.0 Å². The molecule has 0 aliphatic carbocycles. The molecule has 2 aromatic rings. The molecule has 74 valence electrons. The number of thiol groups is 1. The van der Waals surface area contributed by atoms with Crippen molar-refractivity contribution in [2.45, 2.75) is 11.3 Å². The van der Waals surface area contributed by atoms with E-state index in [9.17, 15) is 13.9 Å². The number of fused-ring (bicyclic) bond motifs is 1. The number of hydrogen-bond donors (Lipinski definition) is 2. The van der Waals surface area contributed by atoms with Crippen LogP contribution in [-0.4, -0.2) is 5.11 Å². The molecule has 0 unspecified atom stereocenters. The van der Waals surface area contributed by atoms with Gasteiger partial charge in [0, 0.05) is 25.9 Å². The SMILES string of the molecule is Oc1csc2ccc(S)c(C(F)F)c12. The van der Waals surface area contributed by atoms with E-state index in [0.717, 1.165) is 0 Å². The molecule has 0 fully saturated rings. The number of rotatable bonds is 1. The van der Waals surface area contributed by atoms with Crippen LogP contribution < -0.4 is 0 Å². The van der Waals surface area contributed by atoms with Crippen molar-refractivity contribution in [2.75, 3.05) is 0 Å². The Bertz CT molecular complexity index is 479. The Morgan fingerprint density at radius 1 is 1.36 bits per heavy atom. The average molecular weight is 232 g/mol. The van der Waals surface area contributed by atoms with Gasteiger partial charge in [-0.05, 0) is 12.1 Å². The van der Waals surface area contributed by atoms with Gasteiger partial charge in [0.1, 0.15) is 5.75 Å². The summed E-state index contributed by atoms with van der Waals surface area (Å²) in [4.78, 5) is 0.209. The molecule has 5 heteroatoms. The topological polar surface area (TPSA) is 20.2 Å². The Labute approximate surface area is 88.4 Å². The fourth-order valence-corrected chi connectivity index (χ4v) is 2.47. The lowest BCUT2D eigenvalue weighted by atomic mass is 10.1. The molecule has 1 aromatic heterocycles. The molecule has 0 spiro atoms. The van der Waals surface area contributed by atoms with Crippen LogP contribution in [0.3, 0.4) is 0 Å². The van der Waals surface area contributed by atoms with Crippen LogP contribution in [-0.2, 0) is 0 Å². The van der Waals surface area contributed by atoms with Gasteiger partial charge in [-0.2, -0.15) is 0 Å². The third-order valence-electron chi connectivity index (χ3n) is 1.96. The second kappa shape index (κ2) is 3.40. The van der Waals surface area contributed by atoms with Crippen molar-refractivity contribution in [1.82, 2.24) is 0 Å². The van der Waals surface area contributed by atoms with Crippen LogP contribution in [0.4, 0.5) is 8.78 Å². The van der Waals surface area contributed by atoms with Gasteiger partial charge in [0.05, 0.1) is 0 Å². The molecule has 0 aliphatic rings. The maximum Gasteiger partial charge on any atom is 0.265 e. The minimum Gasteiger partial charge on any atom is -0.506 e. The molecule has 14 heavy (non-hydrogen) atoms. The number of alkyl halides is 2. The zero-order valence-corrected chi connectivity index (χ0v) is 8.58. The monoisotopic (exact) mass is 232 g/mol. The van der Waals surface area contributed by atoms with Crippen LogP contribution in [0.2, 0.25) is 0 Å². The van der Waals surface area contributed by atoms with E-state index in [-0.39, 0.29) is 21.6 Å². The third-order valence-corrected chi connectivity index (χ3v) is 3.28.